The summed E-state index contributed by atoms with van der Waals surface area (Å²) in [5.41, 5.74) is 5.79. The van der Waals surface area contributed by atoms with Crippen LogP contribution < -0.4 is 0 Å². The van der Waals surface area contributed by atoms with Crippen LogP contribution in [-0.2, 0) is 4.74 Å². The average molecular weight is 349 g/mol. The van der Waals surface area contributed by atoms with Crippen molar-refractivity contribution in [3.05, 3.63) is 96.6 Å². The van der Waals surface area contributed by atoms with E-state index in [1.165, 1.54) is 27.5 Å². The van der Waals surface area contributed by atoms with E-state index in [1.54, 1.807) is 0 Å². The third-order valence-corrected chi connectivity index (χ3v) is 5.00. The standard InChI is InChI=1S/C25H19NO/c1-3-9-18(10-4-1)22-17-20-13-7-8-14-21(20)23(19-11-5-2-6-12-19)24(22)25-26-15-16-27-25/h1-14,17H,15-16H2. The van der Waals surface area contributed by atoms with E-state index in [2.05, 4.69) is 89.9 Å². The Kier molecular flexibility index (Phi) is 3.95. The van der Waals surface area contributed by atoms with Gasteiger partial charge in [-0.1, -0.05) is 84.9 Å². The zero-order valence-electron chi connectivity index (χ0n) is 14.9. The second-order valence-corrected chi connectivity index (χ2v) is 6.66. The number of ether oxygens (including phenoxy) is 1. The van der Waals surface area contributed by atoms with E-state index in [0.717, 1.165) is 17.0 Å². The fourth-order valence-corrected chi connectivity index (χ4v) is 3.81. The van der Waals surface area contributed by atoms with Gasteiger partial charge < -0.3 is 4.74 Å². The molecule has 0 spiro atoms. The Bertz CT molecular complexity index is 1130. The van der Waals surface area contributed by atoms with Crippen LogP contribution in [0.5, 0.6) is 0 Å². The Hall–Kier alpha value is -3.39. The molecule has 0 radical (unpaired) electrons. The molecule has 0 amide bonds. The van der Waals surface area contributed by atoms with Crippen LogP contribution in [0.4, 0.5) is 0 Å². The van der Waals surface area contributed by atoms with E-state index in [4.69, 9.17) is 4.74 Å². The SMILES string of the molecule is c1ccc(-c2cc3ccccc3c(-c3ccccc3)c2C2=NCCO2)cc1. The zero-order valence-corrected chi connectivity index (χ0v) is 14.9. The minimum Gasteiger partial charge on any atom is -0.475 e. The molecule has 1 aliphatic rings. The molecular weight excluding hydrogens is 330 g/mol. The monoisotopic (exact) mass is 349 g/mol. The van der Waals surface area contributed by atoms with Crippen LogP contribution >= 0.6 is 0 Å². The lowest BCUT2D eigenvalue weighted by molar-refractivity contribution is 0.348. The normalized spacial score (nSPS) is 13.4. The first-order valence-corrected chi connectivity index (χ1v) is 9.26. The Morgan fingerprint density at radius 2 is 1.33 bits per heavy atom. The number of aliphatic imine (C=N–C) groups is 1. The number of nitrogens with zero attached hydrogens (tertiary/aromatic N) is 1. The molecule has 4 aromatic carbocycles. The molecule has 2 heteroatoms. The van der Waals surface area contributed by atoms with E-state index in [1.807, 2.05) is 6.07 Å². The topological polar surface area (TPSA) is 21.6 Å². The molecule has 0 saturated carbocycles. The van der Waals surface area contributed by atoms with E-state index in [-0.39, 0.29) is 0 Å². The van der Waals surface area contributed by atoms with Gasteiger partial charge in [-0.2, -0.15) is 0 Å². The van der Waals surface area contributed by atoms with Crippen LogP contribution in [0.1, 0.15) is 5.56 Å². The second kappa shape index (κ2) is 6.73. The first-order chi connectivity index (χ1) is 13.4. The summed E-state index contributed by atoms with van der Waals surface area (Å²) in [5, 5.41) is 2.44. The minimum absolute atomic E-state index is 0.643. The number of benzene rings is 4. The first-order valence-electron chi connectivity index (χ1n) is 9.26. The summed E-state index contributed by atoms with van der Waals surface area (Å²) in [7, 11) is 0. The van der Waals surface area contributed by atoms with Gasteiger partial charge in [-0.05, 0) is 33.5 Å². The van der Waals surface area contributed by atoms with Crippen molar-refractivity contribution >= 4 is 16.7 Å². The Balaban J connectivity index is 1.93. The van der Waals surface area contributed by atoms with Crippen molar-refractivity contribution in [1.82, 2.24) is 0 Å². The van der Waals surface area contributed by atoms with Gasteiger partial charge in [-0.15, -0.1) is 0 Å². The fourth-order valence-electron chi connectivity index (χ4n) is 3.81. The zero-order chi connectivity index (χ0) is 18.1. The number of hydrogen-bond donors (Lipinski definition) is 0. The van der Waals surface area contributed by atoms with E-state index >= 15 is 0 Å². The van der Waals surface area contributed by atoms with Crippen molar-refractivity contribution in [2.45, 2.75) is 0 Å². The molecule has 2 nitrogen and oxygen atoms in total. The molecule has 130 valence electrons. The van der Waals surface area contributed by atoms with E-state index in [9.17, 15) is 0 Å². The third kappa shape index (κ3) is 2.80. The summed E-state index contributed by atoms with van der Waals surface area (Å²) < 4.78 is 5.96. The van der Waals surface area contributed by atoms with E-state index in [0.29, 0.717) is 13.2 Å². The summed E-state index contributed by atoms with van der Waals surface area (Å²) in [6.07, 6.45) is 0. The lowest BCUT2D eigenvalue weighted by Crippen LogP contribution is -2.07. The van der Waals surface area contributed by atoms with Crippen molar-refractivity contribution < 1.29 is 4.74 Å². The smallest absolute Gasteiger partial charge is 0.217 e. The molecule has 0 N–H and O–H groups in total. The average Bonchev–Trinajstić information content (AvgIpc) is 3.28. The van der Waals surface area contributed by atoms with Crippen LogP contribution in [0, 0.1) is 0 Å². The molecule has 0 aliphatic carbocycles. The fraction of sp³-hybridized carbons (Fsp3) is 0.0800. The summed E-state index contributed by atoms with van der Waals surface area (Å²) in [6, 6.07) is 31.9. The maximum Gasteiger partial charge on any atom is 0.217 e. The third-order valence-electron chi connectivity index (χ3n) is 5.00. The number of fused-ring (bicyclic) bond motifs is 1. The molecule has 0 fully saturated rings. The summed E-state index contributed by atoms with van der Waals surface area (Å²) in [5.74, 6) is 0.749. The highest BCUT2D eigenvalue weighted by atomic mass is 16.5. The van der Waals surface area contributed by atoms with Gasteiger partial charge in [0.2, 0.25) is 5.90 Å². The molecule has 4 aromatic rings. The van der Waals surface area contributed by atoms with Gasteiger partial charge in [-0.25, -0.2) is 4.99 Å². The van der Waals surface area contributed by atoms with Crippen molar-refractivity contribution in [2.75, 3.05) is 13.2 Å². The van der Waals surface area contributed by atoms with Crippen molar-refractivity contribution in [1.29, 1.82) is 0 Å². The Labute approximate surface area is 158 Å². The number of rotatable bonds is 3. The maximum absolute atomic E-state index is 5.96. The Morgan fingerprint density at radius 1 is 0.667 bits per heavy atom. The van der Waals surface area contributed by atoms with Gasteiger partial charge in [0.05, 0.1) is 12.1 Å². The largest absolute Gasteiger partial charge is 0.475 e. The van der Waals surface area contributed by atoms with Gasteiger partial charge in [0.1, 0.15) is 6.61 Å². The molecule has 0 saturated heterocycles. The Morgan fingerprint density at radius 3 is 2.04 bits per heavy atom. The quantitative estimate of drug-likeness (QED) is 0.448. The van der Waals surface area contributed by atoms with Crippen molar-refractivity contribution in [3.8, 4) is 22.3 Å². The van der Waals surface area contributed by atoms with Crippen LogP contribution in [0.3, 0.4) is 0 Å². The second-order valence-electron chi connectivity index (χ2n) is 6.66. The predicted octanol–water partition coefficient (Wildman–Crippen LogP) is 5.95. The lowest BCUT2D eigenvalue weighted by atomic mass is 9.87. The molecule has 0 atom stereocenters. The van der Waals surface area contributed by atoms with Gasteiger partial charge in [0.15, 0.2) is 0 Å². The van der Waals surface area contributed by atoms with Crippen LogP contribution in [-0.4, -0.2) is 19.0 Å². The van der Waals surface area contributed by atoms with Gasteiger partial charge in [0.25, 0.3) is 0 Å². The molecular formula is C25H19NO. The molecule has 0 aromatic heterocycles. The molecule has 0 bridgehead atoms. The number of hydrogen-bond acceptors (Lipinski definition) is 2. The van der Waals surface area contributed by atoms with Gasteiger partial charge in [0, 0.05) is 5.56 Å². The molecule has 27 heavy (non-hydrogen) atoms. The highest BCUT2D eigenvalue weighted by Gasteiger charge is 2.23. The highest BCUT2D eigenvalue weighted by molar-refractivity contribution is 6.15. The van der Waals surface area contributed by atoms with Crippen LogP contribution in [0.25, 0.3) is 33.0 Å². The van der Waals surface area contributed by atoms with E-state index < -0.39 is 0 Å². The van der Waals surface area contributed by atoms with Crippen molar-refractivity contribution in [2.24, 2.45) is 4.99 Å². The first kappa shape index (κ1) is 15.8. The predicted molar refractivity (Wildman–Crippen MR) is 112 cm³/mol. The summed E-state index contributed by atoms with van der Waals surface area (Å²) in [4.78, 5) is 4.68. The molecule has 1 heterocycles. The summed E-state index contributed by atoms with van der Waals surface area (Å²) >= 11 is 0. The molecule has 1 aliphatic heterocycles. The lowest BCUT2D eigenvalue weighted by Gasteiger charge is -2.18. The molecule has 5 rings (SSSR count). The minimum atomic E-state index is 0.643. The highest BCUT2D eigenvalue weighted by Crippen LogP contribution is 2.39. The molecule has 0 unspecified atom stereocenters. The van der Waals surface area contributed by atoms with Gasteiger partial charge in [-0.3, -0.25) is 0 Å². The van der Waals surface area contributed by atoms with Gasteiger partial charge >= 0.3 is 0 Å². The summed E-state index contributed by atoms with van der Waals surface area (Å²) in [6.45, 7) is 1.36. The van der Waals surface area contributed by atoms with Crippen LogP contribution in [0.15, 0.2) is 96.0 Å². The maximum atomic E-state index is 5.96. The van der Waals surface area contributed by atoms with Crippen LogP contribution in [0.2, 0.25) is 0 Å². The van der Waals surface area contributed by atoms with Crippen molar-refractivity contribution in [3.63, 3.8) is 0 Å².